The second-order valence-electron chi connectivity index (χ2n) is 11.7. The molecule has 5 rings (SSSR count). The molecule has 2 atom stereocenters. The van der Waals surface area contributed by atoms with E-state index >= 15 is 0 Å². The van der Waals surface area contributed by atoms with E-state index in [0.717, 1.165) is 50.1 Å². The molecule has 4 aromatic carbocycles. The number of aliphatic hydroxyl groups is 1. The van der Waals surface area contributed by atoms with E-state index in [1.54, 1.807) is 0 Å². The third-order valence-corrected chi connectivity index (χ3v) is 8.32. The van der Waals surface area contributed by atoms with Gasteiger partial charge in [0.25, 0.3) is 0 Å². The highest BCUT2D eigenvalue weighted by atomic mass is 16.5. The number of benzene rings is 4. The summed E-state index contributed by atoms with van der Waals surface area (Å²) in [7, 11) is 0. The first-order chi connectivity index (χ1) is 22.3. The number of likely N-dealkylation sites (tertiary alicyclic amines) is 1. The van der Waals surface area contributed by atoms with E-state index in [4.69, 9.17) is 18.9 Å². The molecule has 45 heavy (non-hydrogen) atoms. The second kappa shape index (κ2) is 18.4. The van der Waals surface area contributed by atoms with Gasteiger partial charge in [0.2, 0.25) is 0 Å². The van der Waals surface area contributed by atoms with Crippen LogP contribution in [0.2, 0.25) is 0 Å². The maximum absolute atomic E-state index is 9.81. The van der Waals surface area contributed by atoms with Crippen molar-refractivity contribution in [3.63, 3.8) is 0 Å². The summed E-state index contributed by atoms with van der Waals surface area (Å²) in [6.07, 6.45) is 3.82. The molecule has 238 valence electrons. The molecule has 1 aliphatic heterocycles. The van der Waals surface area contributed by atoms with Crippen molar-refractivity contribution in [3.8, 4) is 5.75 Å². The number of aliphatic hydroxyl groups excluding tert-OH is 1. The summed E-state index contributed by atoms with van der Waals surface area (Å²) in [6, 6.07) is 37.7. The first-order valence-corrected chi connectivity index (χ1v) is 16.3. The molecule has 6 nitrogen and oxygen atoms in total. The van der Waals surface area contributed by atoms with E-state index in [1.165, 1.54) is 22.3 Å². The monoisotopic (exact) mass is 609 g/mol. The molecule has 1 N–H and O–H groups in total. The molecule has 0 spiro atoms. The van der Waals surface area contributed by atoms with Crippen LogP contribution in [-0.4, -0.2) is 55.8 Å². The minimum atomic E-state index is -0.00736. The number of hydrogen-bond donors (Lipinski definition) is 1. The van der Waals surface area contributed by atoms with Gasteiger partial charge in [0, 0.05) is 32.0 Å². The molecule has 0 aromatic heterocycles. The van der Waals surface area contributed by atoms with Gasteiger partial charge in [-0.25, -0.2) is 0 Å². The van der Waals surface area contributed by atoms with Crippen molar-refractivity contribution in [2.45, 2.75) is 57.5 Å². The van der Waals surface area contributed by atoms with Gasteiger partial charge in [-0.3, -0.25) is 4.90 Å². The van der Waals surface area contributed by atoms with Gasteiger partial charge in [-0.05, 0) is 59.2 Å². The maximum Gasteiger partial charge on any atom is 0.119 e. The smallest absolute Gasteiger partial charge is 0.119 e. The van der Waals surface area contributed by atoms with Crippen LogP contribution < -0.4 is 4.74 Å². The van der Waals surface area contributed by atoms with Crippen LogP contribution in [0.3, 0.4) is 0 Å². The first-order valence-electron chi connectivity index (χ1n) is 16.3. The lowest BCUT2D eigenvalue weighted by atomic mass is 9.87. The van der Waals surface area contributed by atoms with Crippen LogP contribution >= 0.6 is 0 Å². The van der Waals surface area contributed by atoms with Gasteiger partial charge in [-0.2, -0.15) is 0 Å². The van der Waals surface area contributed by atoms with E-state index in [0.29, 0.717) is 39.6 Å². The average Bonchev–Trinajstić information content (AvgIpc) is 3.10. The fourth-order valence-electron chi connectivity index (χ4n) is 5.73. The summed E-state index contributed by atoms with van der Waals surface area (Å²) in [5.74, 6) is 1.13. The summed E-state index contributed by atoms with van der Waals surface area (Å²) >= 11 is 0. The van der Waals surface area contributed by atoms with Gasteiger partial charge in [-0.15, -0.1) is 0 Å². The van der Waals surface area contributed by atoms with Gasteiger partial charge < -0.3 is 24.1 Å². The lowest BCUT2D eigenvalue weighted by Crippen LogP contribution is -2.44. The fraction of sp³-hybridized carbons (Fsp3) is 0.385. The van der Waals surface area contributed by atoms with Crippen molar-refractivity contribution >= 4 is 0 Å². The number of nitrogens with zero attached hydrogens (tertiary/aromatic N) is 1. The number of aryl methyl sites for hydroxylation is 1. The van der Waals surface area contributed by atoms with Crippen molar-refractivity contribution < 1.29 is 24.1 Å². The Balaban J connectivity index is 1.03. The Hall–Kier alpha value is -3.52. The zero-order chi connectivity index (χ0) is 30.9. The largest absolute Gasteiger partial charge is 0.494 e. The minimum absolute atomic E-state index is 0.00736. The van der Waals surface area contributed by atoms with E-state index < -0.39 is 0 Å². The van der Waals surface area contributed by atoms with Gasteiger partial charge in [-0.1, -0.05) is 97.1 Å². The fourth-order valence-corrected chi connectivity index (χ4v) is 5.73. The second-order valence-corrected chi connectivity index (χ2v) is 11.7. The molecular weight excluding hydrogens is 562 g/mol. The lowest BCUT2D eigenvalue weighted by Gasteiger charge is -2.37. The Morgan fingerprint density at radius 2 is 1.22 bits per heavy atom. The molecule has 0 bridgehead atoms. The standard InChI is InChI=1S/C39H47NO5/c41-31-40-23-22-38(36-18-20-37(21-19-36)44-26-8-25-43-28-33-11-5-2-6-12-33)39(27-40)45-30-35-16-14-34(15-17-35)29-42-24-7-13-32-9-3-1-4-10-32/h1-6,9-12,14-21,38-39,41H,7-8,13,22-31H2. The highest BCUT2D eigenvalue weighted by molar-refractivity contribution is 5.31. The van der Waals surface area contributed by atoms with Crippen LogP contribution in [0.5, 0.6) is 5.75 Å². The van der Waals surface area contributed by atoms with E-state index in [1.807, 2.05) is 24.3 Å². The highest BCUT2D eigenvalue weighted by Crippen LogP contribution is 2.32. The molecule has 1 heterocycles. The summed E-state index contributed by atoms with van der Waals surface area (Å²) < 4.78 is 24.1. The molecule has 2 unspecified atom stereocenters. The topological polar surface area (TPSA) is 60.4 Å². The normalized spacial score (nSPS) is 16.9. The quantitative estimate of drug-likeness (QED) is 0.121. The number of rotatable bonds is 18. The van der Waals surface area contributed by atoms with Crippen molar-refractivity contribution in [1.29, 1.82) is 0 Å². The lowest BCUT2D eigenvalue weighted by molar-refractivity contribution is -0.0442. The highest BCUT2D eigenvalue weighted by Gasteiger charge is 2.31. The van der Waals surface area contributed by atoms with Crippen LogP contribution in [0.15, 0.2) is 109 Å². The molecule has 0 radical (unpaired) electrons. The van der Waals surface area contributed by atoms with Gasteiger partial charge >= 0.3 is 0 Å². The molecule has 0 aliphatic carbocycles. The zero-order valence-corrected chi connectivity index (χ0v) is 26.3. The third kappa shape index (κ3) is 11.1. The SMILES string of the molecule is OCN1CCC(c2ccc(OCCCOCc3ccccc3)cc2)C(OCc2ccc(COCCCc3ccccc3)cc2)C1. The van der Waals surface area contributed by atoms with Gasteiger partial charge in [0.1, 0.15) is 5.75 Å². The molecular formula is C39H47NO5. The molecule has 4 aromatic rings. The van der Waals surface area contributed by atoms with E-state index in [9.17, 15) is 5.11 Å². The number of hydrogen-bond acceptors (Lipinski definition) is 6. The van der Waals surface area contributed by atoms with Crippen molar-refractivity contribution in [1.82, 2.24) is 4.90 Å². The van der Waals surface area contributed by atoms with Gasteiger partial charge in [0.05, 0.1) is 45.9 Å². The Labute approximate surface area is 268 Å². The minimum Gasteiger partial charge on any atom is -0.494 e. The van der Waals surface area contributed by atoms with E-state index in [2.05, 4.69) is 89.8 Å². The molecule has 1 fully saturated rings. The summed E-state index contributed by atoms with van der Waals surface area (Å²) in [5.41, 5.74) is 6.09. The van der Waals surface area contributed by atoms with Gasteiger partial charge in [0.15, 0.2) is 0 Å². The van der Waals surface area contributed by atoms with Crippen molar-refractivity contribution in [2.24, 2.45) is 0 Å². The molecule has 6 heteroatoms. The van der Waals surface area contributed by atoms with Crippen LogP contribution in [-0.2, 0) is 40.5 Å². The van der Waals surface area contributed by atoms with Crippen molar-refractivity contribution in [2.75, 3.05) is 39.6 Å². The molecule has 0 amide bonds. The molecule has 1 aliphatic rings. The third-order valence-electron chi connectivity index (χ3n) is 8.32. The van der Waals surface area contributed by atoms with Crippen LogP contribution in [0.1, 0.15) is 53.0 Å². The average molecular weight is 610 g/mol. The van der Waals surface area contributed by atoms with Crippen LogP contribution in [0.25, 0.3) is 0 Å². The number of ether oxygens (including phenoxy) is 4. The van der Waals surface area contributed by atoms with E-state index in [-0.39, 0.29) is 18.8 Å². The Bertz CT molecular complexity index is 1350. The van der Waals surface area contributed by atoms with Crippen LogP contribution in [0.4, 0.5) is 0 Å². The first kappa shape index (κ1) is 32.9. The Morgan fingerprint density at radius 3 is 1.89 bits per heavy atom. The summed E-state index contributed by atoms with van der Waals surface area (Å²) in [6.45, 7) is 5.43. The Morgan fingerprint density at radius 1 is 0.622 bits per heavy atom. The molecule has 0 saturated carbocycles. The van der Waals surface area contributed by atoms with Crippen LogP contribution in [0, 0.1) is 0 Å². The predicted molar refractivity (Wildman–Crippen MR) is 178 cm³/mol. The predicted octanol–water partition coefficient (Wildman–Crippen LogP) is 7.15. The van der Waals surface area contributed by atoms with Crippen molar-refractivity contribution in [3.05, 3.63) is 137 Å². The number of piperidine rings is 1. The summed E-state index contributed by atoms with van der Waals surface area (Å²) in [5, 5.41) is 9.81. The zero-order valence-electron chi connectivity index (χ0n) is 26.3. The summed E-state index contributed by atoms with van der Waals surface area (Å²) in [4.78, 5) is 2.05. The maximum atomic E-state index is 9.81. The Kier molecular flexibility index (Phi) is 13.5. The molecule has 1 saturated heterocycles.